The fourth-order valence-electron chi connectivity index (χ4n) is 4.19. The smallest absolute Gasteiger partial charge is 0.271 e. The standard InChI is InChI=1S/C28H32N4O6S/c1-4-29-28(34)26(17-22-12-6-5-7-13-22)30(19-23-14-9-8-11-21(23)2)27(33)20-31(39(3,37)38)24-15-10-16-25(18-24)32(35)36/h5-16,18,26H,4,17,19-20H2,1-3H3,(H,29,34)/t26-/m0/s1. The van der Waals surface area contributed by atoms with Gasteiger partial charge in [-0.3, -0.25) is 24.0 Å². The van der Waals surface area contributed by atoms with Crippen LogP contribution in [0.3, 0.4) is 0 Å². The first-order valence-electron chi connectivity index (χ1n) is 12.4. The number of nitrogens with zero attached hydrogens (tertiary/aromatic N) is 3. The zero-order valence-electron chi connectivity index (χ0n) is 22.1. The number of sulfonamides is 1. The molecule has 0 saturated heterocycles. The van der Waals surface area contributed by atoms with Crippen molar-refractivity contribution in [2.75, 3.05) is 23.7 Å². The van der Waals surface area contributed by atoms with E-state index in [1.165, 1.54) is 23.1 Å². The van der Waals surface area contributed by atoms with E-state index in [0.29, 0.717) is 6.54 Å². The summed E-state index contributed by atoms with van der Waals surface area (Å²) in [5.41, 5.74) is 2.20. The van der Waals surface area contributed by atoms with Crippen LogP contribution in [-0.4, -0.2) is 55.4 Å². The fraction of sp³-hybridized carbons (Fsp3) is 0.286. The van der Waals surface area contributed by atoms with Crippen LogP contribution >= 0.6 is 0 Å². The predicted molar refractivity (Wildman–Crippen MR) is 150 cm³/mol. The van der Waals surface area contributed by atoms with Crippen molar-refractivity contribution in [2.24, 2.45) is 0 Å². The van der Waals surface area contributed by atoms with Gasteiger partial charge in [-0.15, -0.1) is 0 Å². The molecule has 206 valence electrons. The molecule has 10 nitrogen and oxygen atoms in total. The highest BCUT2D eigenvalue weighted by molar-refractivity contribution is 7.92. The Bertz CT molecular complexity index is 1430. The number of hydrogen-bond donors (Lipinski definition) is 1. The predicted octanol–water partition coefficient (Wildman–Crippen LogP) is 3.45. The number of amides is 2. The molecule has 0 aromatic heterocycles. The number of carbonyl (C=O) groups is 2. The van der Waals surface area contributed by atoms with Gasteiger partial charge in [0.05, 0.1) is 16.9 Å². The molecule has 0 aliphatic heterocycles. The summed E-state index contributed by atoms with van der Waals surface area (Å²) >= 11 is 0. The monoisotopic (exact) mass is 552 g/mol. The lowest BCUT2D eigenvalue weighted by Gasteiger charge is -2.33. The van der Waals surface area contributed by atoms with Gasteiger partial charge in [0.25, 0.3) is 5.69 Å². The number of hydrogen-bond acceptors (Lipinski definition) is 6. The van der Waals surface area contributed by atoms with Crippen molar-refractivity contribution in [1.82, 2.24) is 10.2 Å². The lowest BCUT2D eigenvalue weighted by Crippen LogP contribution is -2.53. The first kappa shape index (κ1) is 29.3. The highest BCUT2D eigenvalue weighted by Crippen LogP contribution is 2.24. The second kappa shape index (κ2) is 13.0. The largest absolute Gasteiger partial charge is 0.355 e. The maximum absolute atomic E-state index is 14.0. The molecule has 0 spiro atoms. The summed E-state index contributed by atoms with van der Waals surface area (Å²) in [6.45, 7) is 3.43. The molecule has 0 radical (unpaired) electrons. The second-order valence-electron chi connectivity index (χ2n) is 9.09. The number of anilines is 1. The summed E-state index contributed by atoms with van der Waals surface area (Å²) < 4.78 is 26.4. The molecule has 0 aliphatic carbocycles. The number of non-ortho nitro benzene ring substituents is 1. The highest BCUT2D eigenvalue weighted by Gasteiger charge is 2.33. The van der Waals surface area contributed by atoms with Crippen LogP contribution in [0, 0.1) is 17.0 Å². The summed E-state index contributed by atoms with van der Waals surface area (Å²) in [5.74, 6) is -0.994. The molecule has 39 heavy (non-hydrogen) atoms. The van der Waals surface area contributed by atoms with Crippen LogP contribution in [0.25, 0.3) is 0 Å². The topological polar surface area (TPSA) is 130 Å². The van der Waals surface area contributed by atoms with Crippen LogP contribution in [0.15, 0.2) is 78.9 Å². The number of nitro groups is 1. The maximum Gasteiger partial charge on any atom is 0.271 e. The summed E-state index contributed by atoms with van der Waals surface area (Å²) in [6, 6.07) is 20.8. The minimum absolute atomic E-state index is 0.0199. The van der Waals surface area contributed by atoms with Crippen LogP contribution in [0.4, 0.5) is 11.4 Å². The van der Waals surface area contributed by atoms with Crippen LogP contribution in [0.2, 0.25) is 0 Å². The van der Waals surface area contributed by atoms with Gasteiger partial charge in [0.1, 0.15) is 12.6 Å². The van der Waals surface area contributed by atoms with E-state index in [1.807, 2.05) is 61.5 Å². The molecule has 3 aromatic rings. The highest BCUT2D eigenvalue weighted by atomic mass is 32.2. The number of benzene rings is 3. The summed E-state index contributed by atoms with van der Waals surface area (Å²) in [6.07, 6.45) is 1.13. The number of aryl methyl sites for hydroxylation is 1. The van der Waals surface area contributed by atoms with E-state index < -0.39 is 33.4 Å². The Morgan fingerprint density at radius 1 is 1.00 bits per heavy atom. The van der Waals surface area contributed by atoms with Gasteiger partial charge in [0.2, 0.25) is 21.8 Å². The minimum Gasteiger partial charge on any atom is -0.355 e. The molecule has 0 unspecified atom stereocenters. The molecule has 0 saturated carbocycles. The third-order valence-electron chi connectivity index (χ3n) is 6.23. The first-order chi connectivity index (χ1) is 18.5. The molecule has 2 amide bonds. The lowest BCUT2D eigenvalue weighted by molar-refractivity contribution is -0.384. The summed E-state index contributed by atoms with van der Waals surface area (Å²) in [5, 5.41) is 14.1. The quantitative estimate of drug-likeness (QED) is 0.271. The average molecular weight is 553 g/mol. The van der Waals surface area contributed by atoms with E-state index in [9.17, 15) is 28.1 Å². The van der Waals surface area contributed by atoms with Gasteiger partial charge < -0.3 is 10.2 Å². The van der Waals surface area contributed by atoms with Crippen LogP contribution in [0.1, 0.15) is 23.6 Å². The maximum atomic E-state index is 14.0. The molecule has 0 heterocycles. The normalized spacial score (nSPS) is 11.9. The van der Waals surface area contributed by atoms with Gasteiger partial charge in [-0.1, -0.05) is 60.7 Å². The third kappa shape index (κ3) is 7.87. The number of carbonyl (C=O) groups excluding carboxylic acids is 2. The zero-order valence-corrected chi connectivity index (χ0v) is 22.9. The molecule has 11 heteroatoms. The molecule has 1 atom stereocenters. The van der Waals surface area contributed by atoms with E-state index in [4.69, 9.17) is 0 Å². The van der Waals surface area contributed by atoms with E-state index in [2.05, 4.69) is 5.32 Å². The Hall–Kier alpha value is -4.25. The number of likely N-dealkylation sites (N-methyl/N-ethyl adjacent to an activating group) is 1. The Morgan fingerprint density at radius 2 is 1.67 bits per heavy atom. The van der Waals surface area contributed by atoms with Crippen LogP contribution < -0.4 is 9.62 Å². The second-order valence-corrected chi connectivity index (χ2v) is 11.0. The SMILES string of the molecule is CCNC(=O)[C@H](Cc1ccccc1)N(Cc1ccccc1C)C(=O)CN(c1cccc([N+](=O)[O-])c1)S(C)(=O)=O. The van der Waals surface area contributed by atoms with Crippen LogP contribution in [0.5, 0.6) is 0 Å². The van der Waals surface area contributed by atoms with Crippen molar-refractivity contribution in [1.29, 1.82) is 0 Å². The van der Waals surface area contributed by atoms with E-state index in [0.717, 1.165) is 33.3 Å². The summed E-state index contributed by atoms with van der Waals surface area (Å²) in [7, 11) is -4.02. The number of nitro benzene ring substituents is 1. The van der Waals surface area contributed by atoms with Gasteiger partial charge in [-0.2, -0.15) is 0 Å². The fourth-order valence-corrected chi connectivity index (χ4v) is 5.03. The molecule has 3 rings (SSSR count). The molecule has 0 fully saturated rings. The molecule has 3 aromatic carbocycles. The van der Waals surface area contributed by atoms with Crippen molar-refractivity contribution in [2.45, 2.75) is 32.9 Å². The van der Waals surface area contributed by atoms with Gasteiger partial charge in [-0.05, 0) is 36.6 Å². The number of rotatable bonds is 12. The van der Waals surface area contributed by atoms with Gasteiger partial charge in [-0.25, -0.2) is 8.42 Å². The molecular formula is C28H32N4O6S. The Morgan fingerprint density at radius 3 is 2.28 bits per heavy atom. The minimum atomic E-state index is -4.02. The van der Waals surface area contributed by atoms with Crippen molar-refractivity contribution >= 4 is 33.2 Å². The average Bonchev–Trinajstić information content (AvgIpc) is 2.90. The molecule has 1 N–H and O–H groups in total. The Balaban J connectivity index is 2.07. The molecule has 0 bridgehead atoms. The van der Waals surface area contributed by atoms with Crippen molar-refractivity contribution in [3.8, 4) is 0 Å². The van der Waals surface area contributed by atoms with E-state index in [-0.39, 0.29) is 30.2 Å². The molecule has 0 aliphatic rings. The van der Waals surface area contributed by atoms with Gasteiger partial charge >= 0.3 is 0 Å². The van der Waals surface area contributed by atoms with Gasteiger partial charge in [0, 0.05) is 31.6 Å². The molecular weight excluding hydrogens is 520 g/mol. The zero-order chi connectivity index (χ0) is 28.6. The lowest BCUT2D eigenvalue weighted by atomic mass is 10.0. The van der Waals surface area contributed by atoms with E-state index >= 15 is 0 Å². The van der Waals surface area contributed by atoms with Crippen molar-refractivity contribution in [3.63, 3.8) is 0 Å². The Kier molecular flexibility index (Phi) is 9.78. The van der Waals surface area contributed by atoms with E-state index in [1.54, 1.807) is 6.92 Å². The number of nitrogens with one attached hydrogen (secondary N) is 1. The van der Waals surface area contributed by atoms with Gasteiger partial charge in [0.15, 0.2) is 0 Å². The Labute approximate surface area is 228 Å². The van der Waals surface area contributed by atoms with Crippen molar-refractivity contribution in [3.05, 3.63) is 106 Å². The third-order valence-corrected chi connectivity index (χ3v) is 7.37. The van der Waals surface area contributed by atoms with Crippen molar-refractivity contribution < 1.29 is 22.9 Å². The summed E-state index contributed by atoms with van der Waals surface area (Å²) in [4.78, 5) is 39.3. The van der Waals surface area contributed by atoms with Crippen LogP contribution in [-0.2, 0) is 32.6 Å². The first-order valence-corrected chi connectivity index (χ1v) is 14.2.